The lowest BCUT2D eigenvalue weighted by atomic mass is 9.49. The van der Waals surface area contributed by atoms with Crippen LogP contribution < -0.4 is 0 Å². The van der Waals surface area contributed by atoms with E-state index in [0.29, 0.717) is 0 Å². The maximum atomic E-state index is 5.10. The van der Waals surface area contributed by atoms with Crippen molar-refractivity contribution >= 4 is 0 Å². The predicted molar refractivity (Wildman–Crippen MR) is 111 cm³/mol. The Balaban J connectivity index is 1.52. The summed E-state index contributed by atoms with van der Waals surface area (Å²) in [7, 11) is 0. The lowest BCUT2D eigenvalue weighted by Crippen LogP contribution is -2.49. The van der Waals surface area contributed by atoms with Gasteiger partial charge in [0, 0.05) is 16.5 Å². The average molecular weight is 367 g/mol. The zero-order valence-corrected chi connectivity index (χ0v) is 16.1. The highest BCUT2D eigenvalue weighted by Crippen LogP contribution is 2.60. The van der Waals surface area contributed by atoms with Gasteiger partial charge in [-0.05, 0) is 56.3 Å². The number of nitrogens with zero attached hydrogens (tertiary/aromatic N) is 3. The van der Waals surface area contributed by atoms with Gasteiger partial charge >= 0.3 is 0 Å². The molecule has 1 heterocycles. The Bertz CT molecular complexity index is 904. The molecule has 0 N–H and O–H groups in total. The van der Waals surface area contributed by atoms with E-state index in [1.54, 1.807) is 0 Å². The number of aromatic nitrogens is 3. The second kappa shape index (κ2) is 6.23. The smallest absolute Gasteiger partial charge is 0.163 e. The summed E-state index contributed by atoms with van der Waals surface area (Å²) in [6.07, 6.45) is 8.10. The highest BCUT2D eigenvalue weighted by Gasteiger charge is 2.53. The highest BCUT2D eigenvalue weighted by atomic mass is 15.0. The van der Waals surface area contributed by atoms with Crippen molar-refractivity contribution in [3.05, 3.63) is 66.5 Å². The molecule has 0 saturated heterocycles. The molecule has 3 heteroatoms. The van der Waals surface area contributed by atoms with Crippen molar-refractivity contribution in [2.45, 2.75) is 43.9 Å². The number of benzene rings is 2. The minimum atomic E-state index is 0.171. The van der Waals surface area contributed by atoms with Gasteiger partial charge < -0.3 is 0 Å². The summed E-state index contributed by atoms with van der Waals surface area (Å²) in [5.41, 5.74) is 2.33. The van der Waals surface area contributed by atoms with Gasteiger partial charge in [0.15, 0.2) is 11.6 Å². The lowest BCUT2D eigenvalue weighted by Gasteiger charge is -2.56. The fourth-order valence-corrected chi connectivity index (χ4v) is 6.43. The van der Waals surface area contributed by atoms with Crippen molar-refractivity contribution in [2.24, 2.45) is 17.8 Å². The first-order valence-electron chi connectivity index (χ1n) is 10.6. The lowest BCUT2D eigenvalue weighted by molar-refractivity contribution is -0.00938. The molecule has 2 aromatic carbocycles. The van der Waals surface area contributed by atoms with Gasteiger partial charge in [0.2, 0.25) is 0 Å². The van der Waals surface area contributed by atoms with Gasteiger partial charge in [-0.15, -0.1) is 0 Å². The topological polar surface area (TPSA) is 38.7 Å². The summed E-state index contributed by atoms with van der Waals surface area (Å²) in [6, 6.07) is 20.8. The molecule has 0 radical (unpaired) electrons. The van der Waals surface area contributed by atoms with E-state index in [1.807, 2.05) is 12.1 Å². The molecule has 140 valence electrons. The van der Waals surface area contributed by atoms with Crippen molar-refractivity contribution in [1.82, 2.24) is 15.0 Å². The maximum Gasteiger partial charge on any atom is 0.163 e. The van der Waals surface area contributed by atoms with Crippen molar-refractivity contribution < 1.29 is 0 Å². The van der Waals surface area contributed by atoms with Gasteiger partial charge in [0.1, 0.15) is 5.82 Å². The largest absolute Gasteiger partial charge is 0.212 e. The van der Waals surface area contributed by atoms with Crippen LogP contribution in [0.2, 0.25) is 0 Å². The molecule has 0 aliphatic heterocycles. The zero-order chi connectivity index (χ0) is 18.6. The fourth-order valence-electron chi connectivity index (χ4n) is 6.43. The number of hydrogen-bond acceptors (Lipinski definition) is 3. The van der Waals surface area contributed by atoms with Crippen LogP contribution in [0.3, 0.4) is 0 Å². The first kappa shape index (κ1) is 16.4. The van der Waals surface area contributed by atoms with Crippen LogP contribution in [0.5, 0.6) is 0 Å². The standard InChI is InChI=1S/C25H25N3/c1-3-7-20(8-4-1)22-26-23(21-9-5-2-6-10-21)28-24(27-22)25-14-17-11-18(15-25)13-19(12-17)16-25/h1-10,17-19H,11-16H2. The van der Waals surface area contributed by atoms with Crippen molar-refractivity contribution in [3.63, 3.8) is 0 Å². The van der Waals surface area contributed by atoms with Gasteiger partial charge in [-0.1, -0.05) is 60.7 Å². The summed E-state index contributed by atoms with van der Waals surface area (Å²) in [5, 5.41) is 0. The van der Waals surface area contributed by atoms with E-state index in [0.717, 1.165) is 46.4 Å². The molecule has 3 nitrogen and oxygen atoms in total. The summed E-state index contributed by atoms with van der Waals surface area (Å²) in [4.78, 5) is 15.1. The Morgan fingerprint density at radius 3 is 1.43 bits per heavy atom. The quantitative estimate of drug-likeness (QED) is 0.598. The van der Waals surface area contributed by atoms with E-state index >= 15 is 0 Å². The van der Waals surface area contributed by atoms with Gasteiger partial charge in [0.05, 0.1) is 0 Å². The highest BCUT2D eigenvalue weighted by molar-refractivity contribution is 5.61. The third kappa shape index (κ3) is 2.68. The van der Waals surface area contributed by atoms with E-state index in [1.165, 1.54) is 38.5 Å². The van der Waals surface area contributed by atoms with Gasteiger partial charge in [-0.3, -0.25) is 0 Å². The van der Waals surface area contributed by atoms with E-state index in [9.17, 15) is 0 Å². The fraction of sp³-hybridized carbons (Fsp3) is 0.400. The summed E-state index contributed by atoms with van der Waals surface area (Å²) < 4.78 is 0. The van der Waals surface area contributed by atoms with Crippen molar-refractivity contribution in [2.75, 3.05) is 0 Å². The predicted octanol–water partition coefficient (Wildman–Crippen LogP) is 5.67. The molecule has 4 aliphatic carbocycles. The molecule has 3 aromatic rings. The monoisotopic (exact) mass is 367 g/mol. The summed E-state index contributed by atoms with van der Waals surface area (Å²) >= 11 is 0. The Hall–Kier alpha value is -2.55. The SMILES string of the molecule is c1ccc(-c2nc(-c3ccccc3)nc(C34CC5CC(CC(C5)C3)C4)n2)cc1. The molecule has 0 amide bonds. The van der Waals surface area contributed by atoms with Crippen LogP contribution in [0.25, 0.3) is 22.8 Å². The van der Waals surface area contributed by atoms with E-state index in [-0.39, 0.29) is 5.41 Å². The average Bonchev–Trinajstić information content (AvgIpc) is 2.74. The molecule has 28 heavy (non-hydrogen) atoms. The van der Waals surface area contributed by atoms with Gasteiger partial charge in [-0.25, -0.2) is 15.0 Å². The molecule has 4 bridgehead atoms. The van der Waals surface area contributed by atoms with E-state index in [2.05, 4.69) is 48.5 Å². The van der Waals surface area contributed by atoms with Crippen LogP contribution in [-0.2, 0) is 5.41 Å². The Morgan fingerprint density at radius 2 is 1.00 bits per heavy atom. The van der Waals surface area contributed by atoms with E-state index in [4.69, 9.17) is 15.0 Å². The normalized spacial score (nSPS) is 30.5. The minimum absolute atomic E-state index is 0.171. The van der Waals surface area contributed by atoms with E-state index < -0.39 is 0 Å². The molecular weight excluding hydrogens is 342 g/mol. The van der Waals surface area contributed by atoms with Crippen LogP contribution in [-0.4, -0.2) is 15.0 Å². The molecule has 4 saturated carbocycles. The Kier molecular flexibility index (Phi) is 3.65. The molecule has 4 fully saturated rings. The van der Waals surface area contributed by atoms with Gasteiger partial charge in [-0.2, -0.15) is 0 Å². The first-order chi connectivity index (χ1) is 13.8. The Morgan fingerprint density at radius 1 is 0.571 bits per heavy atom. The maximum absolute atomic E-state index is 5.10. The van der Waals surface area contributed by atoms with Gasteiger partial charge in [0.25, 0.3) is 0 Å². The third-order valence-corrected chi connectivity index (χ3v) is 7.21. The second-order valence-corrected chi connectivity index (χ2v) is 9.24. The molecule has 0 atom stereocenters. The first-order valence-corrected chi connectivity index (χ1v) is 10.6. The molecule has 0 spiro atoms. The van der Waals surface area contributed by atoms with Crippen molar-refractivity contribution in [3.8, 4) is 22.8 Å². The van der Waals surface area contributed by atoms with Crippen LogP contribution >= 0.6 is 0 Å². The van der Waals surface area contributed by atoms with Crippen LogP contribution in [0.1, 0.15) is 44.3 Å². The van der Waals surface area contributed by atoms with Crippen LogP contribution in [0.15, 0.2) is 60.7 Å². The zero-order valence-electron chi connectivity index (χ0n) is 16.1. The molecular formula is C25H25N3. The molecule has 1 aromatic heterocycles. The molecule has 7 rings (SSSR count). The van der Waals surface area contributed by atoms with Crippen LogP contribution in [0, 0.1) is 17.8 Å². The summed E-state index contributed by atoms with van der Waals surface area (Å²) in [6.45, 7) is 0. The Labute approximate surface area is 166 Å². The van der Waals surface area contributed by atoms with Crippen molar-refractivity contribution in [1.29, 1.82) is 0 Å². The molecule has 4 aliphatic rings. The van der Waals surface area contributed by atoms with Crippen LogP contribution in [0.4, 0.5) is 0 Å². The number of rotatable bonds is 3. The minimum Gasteiger partial charge on any atom is -0.212 e. The second-order valence-electron chi connectivity index (χ2n) is 9.24. The molecule has 0 unspecified atom stereocenters. The number of hydrogen-bond donors (Lipinski definition) is 0. The third-order valence-electron chi connectivity index (χ3n) is 7.21. The summed E-state index contributed by atoms with van der Waals surface area (Å²) in [5.74, 6) is 5.33.